The molecule has 0 aromatic heterocycles. The fraction of sp³-hybridized carbons (Fsp3) is 0.444. The molecular formula is C27H22F9N3O4. The summed E-state index contributed by atoms with van der Waals surface area (Å²) in [5.41, 5.74) is -7.84. The first kappa shape index (κ1) is 30.6. The minimum Gasteiger partial charge on any atom is -0.443 e. The standard InChI is InChI=1S/C27H22F9N3O4/c1-23(2,3)42-22(41)39-21(40)16-8-12(4-5-17(16)24(39)10-37-11-24)19-18(27(34,35)36)20(43-38-19)13-6-14(25(28,29)30)9-15(7-13)26(31,32)33/h4-9,18,20,37H,10-11H2,1-3H3. The first-order valence-electron chi connectivity index (χ1n) is 12.7. The molecule has 0 radical (unpaired) electrons. The van der Waals surface area contributed by atoms with E-state index in [-0.39, 0.29) is 42.4 Å². The fourth-order valence-corrected chi connectivity index (χ4v) is 5.33. The lowest BCUT2D eigenvalue weighted by Crippen LogP contribution is -2.66. The van der Waals surface area contributed by atoms with Crippen molar-refractivity contribution in [2.45, 2.75) is 56.5 Å². The highest BCUT2D eigenvalue weighted by molar-refractivity contribution is 6.11. The van der Waals surface area contributed by atoms with Gasteiger partial charge >= 0.3 is 24.6 Å². The van der Waals surface area contributed by atoms with Crippen LogP contribution < -0.4 is 5.32 Å². The number of imide groups is 1. The monoisotopic (exact) mass is 623 g/mol. The molecule has 2 atom stereocenters. The van der Waals surface area contributed by atoms with Gasteiger partial charge in [-0.05, 0) is 56.2 Å². The maximum absolute atomic E-state index is 14.4. The number of halogens is 9. The molecule has 232 valence electrons. The van der Waals surface area contributed by atoms with Crippen LogP contribution in [0.1, 0.15) is 65.1 Å². The van der Waals surface area contributed by atoms with Crippen molar-refractivity contribution in [3.63, 3.8) is 0 Å². The van der Waals surface area contributed by atoms with Crippen molar-refractivity contribution in [2.75, 3.05) is 13.1 Å². The van der Waals surface area contributed by atoms with E-state index in [1.54, 1.807) is 20.8 Å². The average Bonchev–Trinajstić information content (AvgIpc) is 3.39. The van der Waals surface area contributed by atoms with E-state index in [0.29, 0.717) is 5.56 Å². The maximum atomic E-state index is 14.4. The Balaban J connectivity index is 1.55. The fourth-order valence-electron chi connectivity index (χ4n) is 5.33. The predicted octanol–water partition coefficient (Wildman–Crippen LogP) is 6.57. The quantitative estimate of drug-likeness (QED) is 0.383. The number of carbonyl (C=O) groups is 2. The Bertz CT molecular complexity index is 1490. The highest BCUT2D eigenvalue weighted by Gasteiger charge is 2.59. The molecule has 43 heavy (non-hydrogen) atoms. The third kappa shape index (κ3) is 5.29. The van der Waals surface area contributed by atoms with Crippen LogP contribution in [0.3, 0.4) is 0 Å². The second-order valence-corrected chi connectivity index (χ2v) is 11.4. The molecular weight excluding hydrogens is 601 g/mol. The van der Waals surface area contributed by atoms with Crippen LogP contribution in [0.2, 0.25) is 0 Å². The molecule has 1 N–H and O–H groups in total. The Morgan fingerprint density at radius 2 is 1.53 bits per heavy atom. The van der Waals surface area contributed by atoms with Gasteiger partial charge in [-0.1, -0.05) is 17.3 Å². The number of amides is 2. The topological polar surface area (TPSA) is 80.2 Å². The van der Waals surface area contributed by atoms with Gasteiger partial charge < -0.3 is 14.9 Å². The molecule has 3 aliphatic rings. The Morgan fingerprint density at radius 3 is 2.00 bits per heavy atom. The van der Waals surface area contributed by atoms with Gasteiger partial charge in [0.2, 0.25) is 0 Å². The smallest absolute Gasteiger partial charge is 0.418 e. The molecule has 3 aliphatic heterocycles. The number of oxime groups is 1. The summed E-state index contributed by atoms with van der Waals surface area (Å²) in [6.45, 7) is 5.01. The number of carbonyl (C=O) groups excluding carboxylic acids is 2. The van der Waals surface area contributed by atoms with E-state index in [0.717, 1.165) is 11.0 Å². The van der Waals surface area contributed by atoms with Gasteiger partial charge in [0.25, 0.3) is 5.91 Å². The van der Waals surface area contributed by atoms with E-state index < -0.39 is 76.1 Å². The molecule has 5 rings (SSSR count). The third-order valence-electron chi connectivity index (χ3n) is 7.24. The Labute approximate surface area is 237 Å². The highest BCUT2D eigenvalue weighted by atomic mass is 19.4. The van der Waals surface area contributed by atoms with Crippen molar-refractivity contribution in [1.29, 1.82) is 0 Å². The van der Waals surface area contributed by atoms with Crippen LogP contribution in [0, 0.1) is 5.92 Å². The number of nitrogens with one attached hydrogen (secondary N) is 1. The predicted molar refractivity (Wildman–Crippen MR) is 130 cm³/mol. The molecule has 1 saturated heterocycles. The van der Waals surface area contributed by atoms with Gasteiger partial charge in [-0.25, -0.2) is 9.69 Å². The number of rotatable bonds is 2. The molecule has 16 heteroatoms. The van der Waals surface area contributed by atoms with Crippen LogP contribution in [-0.4, -0.2) is 47.5 Å². The zero-order chi connectivity index (χ0) is 31.9. The number of fused-ring (bicyclic) bond motifs is 2. The minimum atomic E-state index is -5.31. The average molecular weight is 623 g/mol. The van der Waals surface area contributed by atoms with Crippen molar-refractivity contribution in [3.05, 3.63) is 69.8 Å². The third-order valence-corrected chi connectivity index (χ3v) is 7.24. The Kier molecular flexibility index (Phi) is 6.83. The maximum Gasteiger partial charge on any atom is 0.418 e. The van der Waals surface area contributed by atoms with Crippen LogP contribution in [0.5, 0.6) is 0 Å². The van der Waals surface area contributed by atoms with Crippen LogP contribution in [-0.2, 0) is 27.5 Å². The number of alkyl halides is 9. The summed E-state index contributed by atoms with van der Waals surface area (Å²) in [5, 5.41) is 6.37. The zero-order valence-electron chi connectivity index (χ0n) is 22.5. The van der Waals surface area contributed by atoms with Crippen LogP contribution >= 0.6 is 0 Å². The normalized spacial score (nSPS) is 21.8. The molecule has 1 fully saturated rings. The Hall–Kier alpha value is -3.82. The van der Waals surface area contributed by atoms with E-state index in [9.17, 15) is 49.1 Å². The van der Waals surface area contributed by atoms with Crippen LogP contribution in [0.25, 0.3) is 0 Å². The summed E-state index contributed by atoms with van der Waals surface area (Å²) >= 11 is 0. The second kappa shape index (κ2) is 9.59. The van der Waals surface area contributed by atoms with Gasteiger partial charge in [-0.3, -0.25) is 4.79 Å². The molecule has 0 saturated carbocycles. The second-order valence-electron chi connectivity index (χ2n) is 11.4. The molecule has 1 spiro atoms. The van der Waals surface area contributed by atoms with Crippen molar-refractivity contribution in [1.82, 2.24) is 10.2 Å². The van der Waals surface area contributed by atoms with E-state index in [1.165, 1.54) is 12.1 Å². The summed E-state index contributed by atoms with van der Waals surface area (Å²) in [4.78, 5) is 32.1. The summed E-state index contributed by atoms with van der Waals surface area (Å²) in [7, 11) is 0. The first-order valence-corrected chi connectivity index (χ1v) is 12.7. The zero-order valence-corrected chi connectivity index (χ0v) is 22.5. The summed E-state index contributed by atoms with van der Waals surface area (Å²) in [5.74, 6) is -3.66. The van der Waals surface area contributed by atoms with Gasteiger partial charge in [0.15, 0.2) is 6.10 Å². The van der Waals surface area contributed by atoms with Crippen LogP contribution in [0.15, 0.2) is 41.6 Å². The van der Waals surface area contributed by atoms with Gasteiger partial charge in [0.1, 0.15) is 22.8 Å². The lowest BCUT2D eigenvalue weighted by Gasteiger charge is -2.45. The van der Waals surface area contributed by atoms with E-state index >= 15 is 0 Å². The Morgan fingerprint density at radius 1 is 0.953 bits per heavy atom. The number of hydrogen-bond acceptors (Lipinski definition) is 6. The summed E-state index contributed by atoms with van der Waals surface area (Å²) in [6.07, 6.45) is -19.2. The number of nitrogens with zero attached hydrogens (tertiary/aromatic N) is 2. The van der Waals surface area contributed by atoms with Crippen LogP contribution in [0.4, 0.5) is 44.3 Å². The molecule has 2 aromatic carbocycles. The lowest BCUT2D eigenvalue weighted by atomic mass is 9.82. The van der Waals surface area contributed by atoms with E-state index in [1.807, 2.05) is 0 Å². The largest absolute Gasteiger partial charge is 0.443 e. The van der Waals surface area contributed by atoms with E-state index in [4.69, 9.17) is 9.57 Å². The lowest BCUT2D eigenvalue weighted by molar-refractivity contribution is -0.177. The highest BCUT2D eigenvalue weighted by Crippen LogP contribution is 2.48. The van der Waals surface area contributed by atoms with Gasteiger partial charge in [-0.15, -0.1) is 0 Å². The number of ether oxygens (including phenoxy) is 1. The summed E-state index contributed by atoms with van der Waals surface area (Å²) < 4.78 is 129. The molecule has 2 amide bonds. The van der Waals surface area contributed by atoms with Gasteiger partial charge in [0, 0.05) is 24.2 Å². The number of benzene rings is 2. The molecule has 0 aliphatic carbocycles. The molecule has 2 aromatic rings. The molecule has 3 heterocycles. The molecule has 0 bridgehead atoms. The molecule has 7 nitrogen and oxygen atoms in total. The SMILES string of the molecule is CC(C)(C)OC(=O)N1C(=O)c2cc(C3=NOC(c4cc(C(F)(F)F)cc(C(F)(F)F)c4)C3C(F)(F)F)ccc2C12CNC2. The first-order chi connectivity index (χ1) is 19.6. The minimum absolute atomic E-state index is 0.138. The van der Waals surface area contributed by atoms with Gasteiger partial charge in [0.05, 0.1) is 11.1 Å². The van der Waals surface area contributed by atoms with Gasteiger partial charge in [-0.2, -0.15) is 39.5 Å². The van der Waals surface area contributed by atoms with Crippen molar-refractivity contribution < 1.29 is 58.7 Å². The number of hydrogen-bond donors (Lipinski definition) is 1. The molecule has 2 unspecified atom stereocenters. The van der Waals surface area contributed by atoms with Crippen molar-refractivity contribution in [3.8, 4) is 0 Å². The van der Waals surface area contributed by atoms with Crippen molar-refractivity contribution in [2.24, 2.45) is 11.1 Å². The van der Waals surface area contributed by atoms with Crippen molar-refractivity contribution >= 4 is 17.7 Å². The summed E-state index contributed by atoms with van der Waals surface area (Å²) in [6, 6.07) is 3.62. The van der Waals surface area contributed by atoms with E-state index in [2.05, 4.69) is 10.5 Å².